The van der Waals surface area contributed by atoms with Crippen LogP contribution in [0.1, 0.15) is 46.7 Å². The normalized spacial score (nSPS) is 18.2. The van der Waals surface area contributed by atoms with Crippen molar-refractivity contribution in [3.8, 4) is 11.1 Å². The molecule has 5 aliphatic rings. The maximum atomic E-state index is 2.54. The quantitative estimate of drug-likeness (QED) is 0.162. The van der Waals surface area contributed by atoms with Gasteiger partial charge < -0.3 is 9.80 Å². The third-order valence-electron chi connectivity index (χ3n) is 14.4. The highest BCUT2D eigenvalue weighted by atomic mass is 32.2. The molecule has 66 heavy (non-hydrogen) atoms. The van der Waals surface area contributed by atoms with Crippen molar-refractivity contribution in [2.45, 2.75) is 38.3 Å². The van der Waals surface area contributed by atoms with Gasteiger partial charge in [0.2, 0.25) is 0 Å². The molecule has 0 aromatic heterocycles. The molecule has 0 fully saturated rings. The largest absolute Gasteiger partial charge is 0.308 e. The molecular weight excluding hydrogens is 837 g/mol. The summed E-state index contributed by atoms with van der Waals surface area (Å²) in [5.41, 5.74) is 20.3. The van der Waals surface area contributed by atoms with Crippen molar-refractivity contribution in [2.24, 2.45) is 5.92 Å². The van der Waals surface area contributed by atoms with Crippen LogP contribution in [0.25, 0.3) is 39.6 Å². The van der Waals surface area contributed by atoms with Crippen LogP contribution < -0.4 is 9.80 Å². The van der Waals surface area contributed by atoms with Crippen LogP contribution in [-0.4, -0.2) is 0 Å². The van der Waals surface area contributed by atoms with E-state index in [4.69, 9.17) is 0 Å². The third kappa shape index (κ3) is 5.46. The molecule has 0 saturated heterocycles. The van der Waals surface area contributed by atoms with Crippen molar-refractivity contribution in [3.63, 3.8) is 0 Å². The first-order valence-electron chi connectivity index (χ1n) is 23.0. The van der Waals surface area contributed by atoms with Crippen LogP contribution in [0.15, 0.2) is 231 Å². The zero-order chi connectivity index (χ0) is 43.5. The van der Waals surface area contributed by atoms with Crippen molar-refractivity contribution in [1.29, 1.82) is 0 Å². The number of allylic oxidation sites excluding steroid dienone is 4. The van der Waals surface area contributed by atoms with Gasteiger partial charge in [0.25, 0.3) is 0 Å². The van der Waals surface area contributed by atoms with E-state index in [-0.39, 0.29) is 0 Å². The van der Waals surface area contributed by atoms with E-state index < -0.39 is 5.41 Å². The van der Waals surface area contributed by atoms with E-state index >= 15 is 0 Å². The molecule has 9 aromatic rings. The second kappa shape index (κ2) is 14.6. The maximum absolute atomic E-state index is 2.54. The maximum Gasteiger partial charge on any atom is 0.0689 e. The van der Waals surface area contributed by atoms with Crippen LogP contribution in [0, 0.1) is 5.92 Å². The molecule has 1 spiro atoms. The fourth-order valence-corrected chi connectivity index (χ4v) is 13.8. The Morgan fingerprint density at radius 1 is 0.470 bits per heavy atom. The lowest BCUT2D eigenvalue weighted by molar-refractivity contribution is 0.630. The first-order valence-corrected chi connectivity index (χ1v) is 24.6. The number of para-hydroxylation sites is 4. The molecule has 0 amide bonds. The van der Waals surface area contributed by atoms with Crippen molar-refractivity contribution < 1.29 is 0 Å². The van der Waals surface area contributed by atoms with Crippen LogP contribution in [0.3, 0.4) is 0 Å². The molecule has 0 bridgehead atoms. The molecule has 0 N–H and O–H groups in total. The van der Waals surface area contributed by atoms with E-state index in [9.17, 15) is 0 Å². The van der Waals surface area contributed by atoms with E-state index in [1.165, 1.54) is 120 Å². The van der Waals surface area contributed by atoms with Gasteiger partial charge >= 0.3 is 0 Å². The predicted octanol–water partition coefficient (Wildman–Crippen LogP) is 17.6. The number of nitrogens with zero attached hydrogens (tertiary/aromatic N) is 2. The fraction of sp³-hybridized carbons (Fsp3) is 0.0645. The Morgan fingerprint density at radius 2 is 1.03 bits per heavy atom. The lowest BCUT2D eigenvalue weighted by Crippen LogP contribution is -2.29. The van der Waals surface area contributed by atoms with Gasteiger partial charge in [-0.15, -0.1) is 0 Å². The highest BCUT2D eigenvalue weighted by molar-refractivity contribution is 8.00. The Hall–Kier alpha value is -7.24. The second-order valence-electron chi connectivity index (χ2n) is 18.1. The molecule has 9 aromatic carbocycles. The molecule has 0 saturated carbocycles. The molecule has 0 radical (unpaired) electrons. The zero-order valence-corrected chi connectivity index (χ0v) is 37.9. The summed E-state index contributed by atoms with van der Waals surface area (Å²) < 4.78 is 0. The van der Waals surface area contributed by atoms with Crippen LogP contribution in [0.5, 0.6) is 0 Å². The number of hydrogen-bond acceptors (Lipinski definition) is 4. The average Bonchev–Trinajstić information content (AvgIpc) is 3.82. The minimum absolute atomic E-state index is 0.424. The molecule has 2 aliphatic heterocycles. The standard InChI is InChI=1S/C62H42N2S2/c1-39-28-33-45-44-15-2-3-18-49(44)62(50(45)36-39)51-37-40(30-34-46(51)47-35-32-42(38-52(47)62)63-54-19-4-8-24-58(54)65-59-25-9-5-20-55(59)63)29-31-41-14-12-17-48-43(41)16-13-23-53(48)64-56-21-6-10-26-60(56)66-61-27-11-7-22-57(61)64/h2-35,37-39H,36H2,1H3. The van der Waals surface area contributed by atoms with Gasteiger partial charge in [-0.05, 0) is 146 Å². The third-order valence-corrected chi connectivity index (χ3v) is 16.7. The SMILES string of the molecule is CC1C=CC2=C(C1)C1(c3ccccc32)c2cc(C=Cc3cccc4c(N5c6ccccc6Sc6ccccc65)cccc34)ccc2-c2ccc(N3c4ccccc4Sc4ccccc43)cc21. The molecule has 14 rings (SSSR count). The molecule has 2 heterocycles. The number of rotatable bonds is 4. The van der Waals surface area contributed by atoms with Crippen LogP contribution in [0.4, 0.5) is 34.1 Å². The molecular formula is C62H42N2S2. The van der Waals surface area contributed by atoms with Crippen molar-refractivity contribution in [1.82, 2.24) is 0 Å². The molecule has 2 unspecified atom stereocenters. The monoisotopic (exact) mass is 878 g/mol. The predicted molar refractivity (Wildman–Crippen MR) is 279 cm³/mol. The molecule has 312 valence electrons. The molecule has 3 aliphatic carbocycles. The van der Waals surface area contributed by atoms with Crippen LogP contribution >= 0.6 is 23.5 Å². The van der Waals surface area contributed by atoms with Gasteiger partial charge in [0, 0.05) is 30.7 Å². The highest BCUT2D eigenvalue weighted by Gasteiger charge is 2.53. The second-order valence-corrected chi connectivity index (χ2v) is 20.2. The Balaban J connectivity index is 0.926. The zero-order valence-electron chi connectivity index (χ0n) is 36.3. The molecule has 2 nitrogen and oxygen atoms in total. The summed E-state index contributed by atoms with van der Waals surface area (Å²) in [4.78, 5) is 10.0. The van der Waals surface area contributed by atoms with Gasteiger partial charge in [0.05, 0.1) is 33.9 Å². The number of benzene rings is 9. The van der Waals surface area contributed by atoms with Crippen LogP contribution in [-0.2, 0) is 5.41 Å². The van der Waals surface area contributed by atoms with Crippen molar-refractivity contribution in [3.05, 3.63) is 245 Å². The first kappa shape index (κ1) is 38.1. The topological polar surface area (TPSA) is 6.48 Å². The van der Waals surface area contributed by atoms with E-state index in [0.717, 1.165) is 6.42 Å². The minimum Gasteiger partial charge on any atom is -0.308 e. The van der Waals surface area contributed by atoms with Crippen LogP contribution in [0.2, 0.25) is 0 Å². The van der Waals surface area contributed by atoms with Crippen molar-refractivity contribution >= 4 is 86.1 Å². The summed E-state index contributed by atoms with van der Waals surface area (Å²) in [5.74, 6) is 0.438. The van der Waals surface area contributed by atoms with Crippen molar-refractivity contribution in [2.75, 3.05) is 9.80 Å². The van der Waals surface area contributed by atoms with E-state index in [1.54, 1.807) is 0 Å². The summed E-state index contributed by atoms with van der Waals surface area (Å²) in [6.45, 7) is 2.37. The summed E-state index contributed by atoms with van der Waals surface area (Å²) in [7, 11) is 0. The van der Waals surface area contributed by atoms with E-state index in [0.29, 0.717) is 5.92 Å². The Kier molecular flexibility index (Phi) is 8.44. The Labute approximate surface area is 394 Å². The van der Waals surface area contributed by atoms with Gasteiger partial charge in [-0.2, -0.15) is 0 Å². The van der Waals surface area contributed by atoms with Gasteiger partial charge in [-0.1, -0.05) is 176 Å². The van der Waals surface area contributed by atoms with E-state index in [1.807, 2.05) is 23.5 Å². The molecule has 4 heteroatoms. The van der Waals surface area contributed by atoms with Gasteiger partial charge in [0.1, 0.15) is 0 Å². The van der Waals surface area contributed by atoms with E-state index in [2.05, 4.69) is 235 Å². The number of hydrogen-bond donors (Lipinski definition) is 0. The van der Waals surface area contributed by atoms with Gasteiger partial charge in [0.15, 0.2) is 0 Å². The lowest BCUT2D eigenvalue weighted by Gasteiger charge is -2.36. The Morgan fingerprint density at radius 3 is 1.73 bits per heavy atom. The summed E-state index contributed by atoms with van der Waals surface area (Å²) in [6, 6.07) is 72.6. The average molecular weight is 879 g/mol. The lowest BCUT2D eigenvalue weighted by atomic mass is 9.67. The summed E-state index contributed by atoms with van der Waals surface area (Å²) >= 11 is 3.71. The van der Waals surface area contributed by atoms with Gasteiger partial charge in [-0.25, -0.2) is 0 Å². The highest BCUT2D eigenvalue weighted by Crippen LogP contribution is 2.65. The Bertz CT molecular complexity index is 3540. The molecule has 2 atom stereocenters. The summed E-state index contributed by atoms with van der Waals surface area (Å²) in [6.07, 6.45) is 10.5. The number of fused-ring (bicyclic) bond motifs is 14. The van der Waals surface area contributed by atoms with Gasteiger partial charge in [-0.3, -0.25) is 0 Å². The smallest absolute Gasteiger partial charge is 0.0689 e. The minimum atomic E-state index is -0.424. The first-order chi connectivity index (χ1) is 32.6. The fourth-order valence-electron chi connectivity index (χ4n) is 11.7. The summed E-state index contributed by atoms with van der Waals surface area (Å²) in [5, 5.41) is 2.47. The number of anilines is 6.